The van der Waals surface area contributed by atoms with Gasteiger partial charge in [-0.3, -0.25) is 0 Å². The number of hydrogen-bond acceptors (Lipinski definition) is 3. The molecule has 0 saturated carbocycles. The molecule has 0 bridgehead atoms. The van der Waals surface area contributed by atoms with Crippen LogP contribution in [0.4, 0.5) is 0 Å². The number of ether oxygens (including phenoxy) is 2. The molecule has 3 heteroatoms. The van der Waals surface area contributed by atoms with E-state index in [-0.39, 0.29) is 0 Å². The maximum Gasteiger partial charge on any atom is 0.383 e. The Bertz CT molecular complexity index is 112. The summed E-state index contributed by atoms with van der Waals surface area (Å²) < 4.78 is 10.1. The van der Waals surface area contributed by atoms with Gasteiger partial charge in [0.15, 0.2) is 0 Å². The molecule has 0 aromatic carbocycles. The molecule has 1 heterocycles. The number of rotatable bonds is 2. The van der Waals surface area contributed by atoms with Gasteiger partial charge in [-0.25, -0.2) is 4.99 Å². The fourth-order valence-electron chi connectivity index (χ4n) is 0.592. The molecule has 0 saturated heterocycles. The van der Waals surface area contributed by atoms with Crippen LogP contribution in [-0.4, -0.2) is 25.8 Å². The third-order valence-electron chi connectivity index (χ3n) is 0.987. The van der Waals surface area contributed by atoms with Crippen molar-refractivity contribution in [3.8, 4) is 0 Å². The maximum atomic E-state index is 5.08. The second-order valence-electron chi connectivity index (χ2n) is 1.84. The van der Waals surface area contributed by atoms with Crippen LogP contribution in [0.5, 0.6) is 0 Å². The Morgan fingerprint density at radius 1 is 1.78 bits per heavy atom. The Morgan fingerprint density at radius 3 is 3.22 bits per heavy atom. The average molecular weight is 129 g/mol. The van der Waals surface area contributed by atoms with Crippen LogP contribution >= 0.6 is 0 Å². The molecule has 52 valence electrons. The summed E-state index contributed by atoms with van der Waals surface area (Å²) in [6.07, 6.45) is 1.47. The van der Waals surface area contributed by atoms with Crippen molar-refractivity contribution in [2.75, 3.05) is 19.8 Å². The lowest BCUT2D eigenvalue weighted by Gasteiger charge is -2.00. The summed E-state index contributed by atoms with van der Waals surface area (Å²) in [5.41, 5.74) is 0. The minimum absolute atomic E-state index is 0.469. The van der Waals surface area contributed by atoms with Crippen molar-refractivity contribution in [2.24, 2.45) is 4.99 Å². The topological polar surface area (TPSA) is 30.8 Å². The van der Waals surface area contributed by atoms with Crippen LogP contribution in [0.2, 0.25) is 0 Å². The van der Waals surface area contributed by atoms with Crippen molar-refractivity contribution in [3.05, 3.63) is 0 Å². The Balaban J connectivity index is 2.11. The molecule has 0 unspecified atom stereocenters. The SMILES string of the molecule is CCCOC1=NCCO1. The molecule has 0 atom stereocenters. The molecule has 0 N–H and O–H groups in total. The summed E-state index contributed by atoms with van der Waals surface area (Å²) in [6, 6.07) is 0. The molecule has 0 aromatic rings. The van der Waals surface area contributed by atoms with Gasteiger partial charge < -0.3 is 9.47 Å². The first kappa shape index (κ1) is 6.39. The molecule has 0 spiro atoms. The smallest absolute Gasteiger partial charge is 0.383 e. The van der Waals surface area contributed by atoms with Crippen LogP contribution in [0.3, 0.4) is 0 Å². The number of hydrogen-bond donors (Lipinski definition) is 0. The second-order valence-corrected chi connectivity index (χ2v) is 1.84. The van der Waals surface area contributed by atoms with E-state index in [2.05, 4.69) is 11.9 Å². The molecule has 3 nitrogen and oxygen atoms in total. The van der Waals surface area contributed by atoms with Gasteiger partial charge in [0.2, 0.25) is 0 Å². The van der Waals surface area contributed by atoms with Crippen LogP contribution in [0.1, 0.15) is 13.3 Å². The predicted octanol–water partition coefficient (Wildman–Crippen LogP) is 0.799. The molecule has 0 aromatic heterocycles. The minimum Gasteiger partial charge on any atom is -0.451 e. The lowest BCUT2D eigenvalue weighted by Crippen LogP contribution is -2.05. The molecule has 0 fully saturated rings. The fourth-order valence-corrected chi connectivity index (χ4v) is 0.592. The molecule has 0 aliphatic carbocycles. The van der Waals surface area contributed by atoms with Crippen LogP contribution < -0.4 is 0 Å². The van der Waals surface area contributed by atoms with Gasteiger partial charge in [0, 0.05) is 0 Å². The van der Waals surface area contributed by atoms with Crippen molar-refractivity contribution in [3.63, 3.8) is 0 Å². The Kier molecular flexibility index (Phi) is 2.36. The van der Waals surface area contributed by atoms with Crippen LogP contribution in [0, 0.1) is 0 Å². The van der Waals surface area contributed by atoms with Crippen molar-refractivity contribution in [1.29, 1.82) is 0 Å². The zero-order valence-electron chi connectivity index (χ0n) is 5.59. The molecular formula is C6H11NO2. The van der Waals surface area contributed by atoms with E-state index < -0.39 is 0 Å². The molecule has 1 aliphatic heterocycles. The summed E-state index contributed by atoms with van der Waals surface area (Å²) in [7, 11) is 0. The maximum absolute atomic E-state index is 5.08. The van der Waals surface area contributed by atoms with Crippen molar-refractivity contribution in [1.82, 2.24) is 0 Å². The predicted molar refractivity (Wildman–Crippen MR) is 34.5 cm³/mol. The van der Waals surface area contributed by atoms with Crippen LogP contribution in [0.15, 0.2) is 4.99 Å². The van der Waals surface area contributed by atoms with Gasteiger partial charge in [-0.2, -0.15) is 0 Å². The van der Waals surface area contributed by atoms with Gasteiger partial charge in [-0.1, -0.05) is 6.92 Å². The van der Waals surface area contributed by atoms with Gasteiger partial charge in [0.05, 0.1) is 13.2 Å². The molecule has 1 aliphatic rings. The van der Waals surface area contributed by atoms with Gasteiger partial charge in [-0.05, 0) is 6.42 Å². The lowest BCUT2D eigenvalue weighted by molar-refractivity contribution is 0.190. The van der Waals surface area contributed by atoms with Crippen LogP contribution in [0.25, 0.3) is 0 Å². The third kappa shape index (κ3) is 1.91. The van der Waals surface area contributed by atoms with Crippen molar-refractivity contribution < 1.29 is 9.47 Å². The monoisotopic (exact) mass is 129 g/mol. The van der Waals surface area contributed by atoms with Crippen molar-refractivity contribution in [2.45, 2.75) is 13.3 Å². The highest BCUT2D eigenvalue weighted by atomic mass is 16.7. The fraction of sp³-hybridized carbons (Fsp3) is 0.833. The van der Waals surface area contributed by atoms with E-state index in [1.807, 2.05) is 0 Å². The summed E-state index contributed by atoms with van der Waals surface area (Å²) in [5, 5.41) is 0. The van der Waals surface area contributed by atoms with E-state index >= 15 is 0 Å². The second kappa shape index (κ2) is 3.33. The normalized spacial score (nSPS) is 16.8. The first-order valence-electron chi connectivity index (χ1n) is 3.23. The largest absolute Gasteiger partial charge is 0.451 e. The molecule has 9 heavy (non-hydrogen) atoms. The quantitative estimate of drug-likeness (QED) is 0.552. The highest BCUT2D eigenvalue weighted by Crippen LogP contribution is 1.95. The van der Waals surface area contributed by atoms with Gasteiger partial charge in [0.25, 0.3) is 0 Å². The number of nitrogens with zero attached hydrogens (tertiary/aromatic N) is 1. The third-order valence-corrected chi connectivity index (χ3v) is 0.987. The zero-order chi connectivity index (χ0) is 6.53. The molecule has 0 amide bonds. The molecular weight excluding hydrogens is 118 g/mol. The summed E-state index contributed by atoms with van der Waals surface area (Å²) in [6.45, 7) is 4.19. The average Bonchev–Trinajstić information content (AvgIpc) is 2.34. The van der Waals surface area contributed by atoms with E-state index in [9.17, 15) is 0 Å². The van der Waals surface area contributed by atoms with E-state index in [0.29, 0.717) is 19.3 Å². The number of aliphatic imine (C=N–C) groups is 1. The first-order valence-corrected chi connectivity index (χ1v) is 3.23. The minimum atomic E-state index is 0.469. The van der Waals surface area contributed by atoms with Gasteiger partial charge in [0.1, 0.15) is 6.61 Å². The highest BCUT2D eigenvalue weighted by molar-refractivity contribution is 5.68. The van der Waals surface area contributed by atoms with E-state index in [1.54, 1.807) is 0 Å². The highest BCUT2D eigenvalue weighted by Gasteiger charge is 2.06. The summed E-state index contributed by atoms with van der Waals surface area (Å²) in [5.74, 6) is 0. The van der Waals surface area contributed by atoms with E-state index in [4.69, 9.17) is 9.47 Å². The van der Waals surface area contributed by atoms with E-state index in [1.165, 1.54) is 0 Å². The summed E-state index contributed by atoms with van der Waals surface area (Å²) in [4.78, 5) is 3.95. The van der Waals surface area contributed by atoms with Gasteiger partial charge in [-0.15, -0.1) is 0 Å². The van der Waals surface area contributed by atoms with Crippen molar-refractivity contribution >= 4 is 6.08 Å². The first-order chi connectivity index (χ1) is 4.43. The Morgan fingerprint density at radius 2 is 2.67 bits per heavy atom. The standard InChI is InChI=1S/C6H11NO2/c1-2-4-8-6-7-3-5-9-6/h2-5H2,1H3. The van der Waals surface area contributed by atoms with E-state index in [0.717, 1.165) is 13.0 Å². The van der Waals surface area contributed by atoms with Crippen LogP contribution in [-0.2, 0) is 9.47 Å². The molecule has 0 radical (unpaired) electrons. The Hall–Kier alpha value is -0.730. The van der Waals surface area contributed by atoms with Gasteiger partial charge >= 0.3 is 6.08 Å². The lowest BCUT2D eigenvalue weighted by atomic mass is 10.5. The summed E-state index contributed by atoms with van der Waals surface area (Å²) >= 11 is 0. The zero-order valence-corrected chi connectivity index (χ0v) is 5.59. The Labute approximate surface area is 54.7 Å². The molecule has 1 rings (SSSR count).